The summed E-state index contributed by atoms with van der Waals surface area (Å²) in [6, 6.07) is 6.20. The maximum atomic E-state index is 12.2. The van der Waals surface area contributed by atoms with E-state index in [2.05, 4.69) is 5.32 Å². The number of amides is 1. The van der Waals surface area contributed by atoms with Crippen LogP contribution in [-0.2, 0) is 14.8 Å². The summed E-state index contributed by atoms with van der Waals surface area (Å²) in [6.07, 6.45) is 3.62. The van der Waals surface area contributed by atoms with E-state index in [9.17, 15) is 13.2 Å². The summed E-state index contributed by atoms with van der Waals surface area (Å²) in [5.74, 6) is 1.53. The molecule has 3 atom stereocenters. The monoisotopic (exact) mass is 308 g/mol. The summed E-state index contributed by atoms with van der Waals surface area (Å²) in [7, 11) is -3.67. The molecular formula is C15H20N2O3S. The molecule has 1 amide bonds. The van der Waals surface area contributed by atoms with Crippen molar-refractivity contribution in [1.82, 2.24) is 5.32 Å². The summed E-state index contributed by atoms with van der Waals surface area (Å²) >= 11 is 0. The minimum atomic E-state index is -3.67. The molecule has 3 unspecified atom stereocenters. The van der Waals surface area contributed by atoms with Gasteiger partial charge in [-0.25, -0.2) is 13.6 Å². The van der Waals surface area contributed by atoms with Crippen LogP contribution in [0.3, 0.4) is 0 Å². The number of primary sulfonamides is 1. The van der Waals surface area contributed by atoms with Gasteiger partial charge >= 0.3 is 0 Å². The number of sulfonamides is 1. The maximum Gasteiger partial charge on any atom is 0.238 e. The molecule has 3 N–H and O–H groups in total. The second kappa shape index (κ2) is 5.10. The lowest BCUT2D eigenvalue weighted by molar-refractivity contribution is -0.123. The zero-order chi connectivity index (χ0) is 15.2. The van der Waals surface area contributed by atoms with Crippen molar-refractivity contribution in [1.29, 1.82) is 0 Å². The Labute approximate surface area is 125 Å². The Hall–Kier alpha value is -1.40. The smallest absolute Gasteiger partial charge is 0.238 e. The number of rotatable bonds is 4. The second-order valence-electron chi connectivity index (χ2n) is 6.13. The summed E-state index contributed by atoms with van der Waals surface area (Å²) in [5, 5.41) is 8.09. The minimum Gasteiger partial charge on any atom is -0.349 e. The van der Waals surface area contributed by atoms with Crippen LogP contribution in [0.4, 0.5) is 0 Å². The molecule has 2 fully saturated rings. The molecule has 0 spiro atoms. The molecule has 2 aliphatic carbocycles. The van der Waals surface area contributed by atoms with E-state index in [-0.39, 0.29) is 22.8 Å². The number of nitrogens with one attached hydrogen (secondary N) is 1. The lowest BCUT2D eigenvalue weighted by Gasteiger charge is -2.15. The molecule has 2 saturated carbocycles. The Bertz CT molecular complexity index is 644. The highest BCUT2D eigenvalue weighted by molar-refractivity contribution is 7.89. The third kappa shape index (κ3) is 2.82. The highest BCUT2D eigenvalue weighted by Gasteiger charge is 2.56. The van der Waals surface area contributed by atoms with Crippen LogP contribution in [0.15, 0.2) is 29.2 Å². The Balaban J connectivity index is 1.63. The molecule has 1 aromatic carbocycles. The number of hydrogen-bond acceptors (Lipinski definition) is 3. The zero-order valence-electron chi connectivity index (χ0n) is 12.0. The fourth-order valence-electron chi connectivity index (χ4n) is 3.55. The topological polar surface area (TPSA) is 89.3 Å². The Morgan fingerprint density at radius 3 is 2.33 bits per heavy atom. The van der Waals surface area contributed by atoms with Crippen molar-refractivity contribution in [3.05, 3.63) is 29.8 Å². The third-order valence-corrected chi connectivity index (χ3v) is 5.71. The van der Waals surface area contributed by atoms with Gasteiger partial charge in [-0.3, -0.25) is 4.79 Å². The van der Waals surface area contributed by atoms with E-state index >= 15 is 0 Å². The molecule has 1 aromatic rings. The van der Waals surface area contributed by atoms with Gasteiger partial charge in [-0.1, -0.05) is 18.6 Å². The van der Waals surface area contributed by atoms with Gasteiger partial charge in [0.15, 0.2) is 0 Å². The van der Waals surface area contributed by atoms with Gasteiger partial charge in [0.1, 0.15) is 0 Å². The van der Waals surface area contributed by atoms with Crippen LogP contribution in [0.2, 0.25) is 0 Å². The van der Waals surface area contributed by atoms with Crippen molar-refractivity contribution >= 4 is 15.9 Å². The molecule has 5 nitrogen and oxygen atoms in total. The molecule has 0 aliphatic heterocycles. The molecule has 6 heteroatoms. The SMILES string of the molecule is CC(NC(=O)C1C2CCCC21)c1ccc(S(N)(=O)=O)cc1. The first kappa shape index (κ1) is 14.5. The molecule has 3 rings (SSSR count). The second-order valence-corrected chi connectivity index (χ2v) is 7.69. The van der Waals surface area contributed by atoms with Crippen LogP contribution in [0.25, 0.3) is 0 Å². The number of benzene rings is 1. The molecule has 2 aliphatic rings. The van der Waals surface area contributed by atoms with E-state index in [4.69, 9.17) is 5.14 Å². The maximum absolute atomic E-state index is 12.2. The van der Waals surface area contributed by atoms with Crippen LogP contribution in [0, 0.1) is 17.8 Å². The van der Waals surface area contributed by atoms with Crippen LogP contribution in [0.1, 0.15) is 37.8 Å². The Morgan fingerprint density at radius 1 is 1.24 bits per heavy atom. The third-order valence-electron chi connectivity index (χ3n) is 4.78. The molecule has 0 saturated heterocycles. The van der Waals surface area contributed by atoms with Gasteiger partial charge < -0.3 is 5.32 Å². The van der Waals surface area contributed by atoms with Crippen molar-refractivity contribution in [3.63, 3.8) is 0 Å². The van der Waals surface area contributed by atoms with Gasteiger partial charge in [-0.2, -0.15) is 0 Å². The fourth-order valence-corrected chi connectivity index (χ4v) is 4.06. The van der Waals surface area contributed by atoms with Crippen molar-refractivity contribution < 1.29 is 13.2 Å². The van der Waals surface area contributed by atoms with E-state index in [1.165, 1.54) is 31.4 Å². The largest absolute Gasteiger partial charge is 0.349 e. The van der Waals surface area contributed by atoms with E-state index in [1.807, 2.05) is 6.92 Å². The highest BCUT2D eigenvalue weighted by atomic mass is 32.2. The van der Waals surface area contributed by atoms with Crippen molar-refractivity contribution in [2.45, 2.75) is 37.1 Å². The lowest BCUT2D eigenvalue weighted by atomic mass is 10.1. The van der Waals surface area contributed by atoms with E-state index < -0.39 is 10.0 Å². The lowest BCUT2D eigenvalue weighted by Crippen LogP contribution is -2.29. The first-order valence-electron chi connectivity index (χ1n) is 7.31. The van der Waals surface area contributed by atoms with E-state index in [0.29, 0.717) is 11.8 Å². The fraction of sp³-hybridized carbons (Fsp3) is 0.533. The normalized spacial score (nSPS) is 28.8. The summed E-state index contributed by atoms with van der Waals surface area (Å²) in [6.45, 7) is 1.90. The van der Waals surface area contributed by atoms with Crippen molar-refractivity contribution in [2.24, 2.45) is 22.9 Å². The number of carbonyl (C=O) groups is 1. The summed E-state index contributed by atoms with van der Waals surface area (Å²) in [5.41, 5.74) is 0.876. The summed E-state index contributed by atoms with van der Waals surface area (Å²) < 4.78 is 22.4. The van der Waals surface area contributed by atoms with Gasteiger partial charge in [-0.05, 0) is 49.3 Å². The molecule has 0 aromatic heterocycles. The van der Waals surface area contributed by atoms with Gasteiger partial charge in [0.25, 0.3) is 0 Å². The standard InChI is InChI=1S/C15H20N2O3S/c1-9(10-5-7-11(8-6-10)21(16,19)20)17-15(18)14-12-3-2-4-13(12)14/h5-9,12-14H,2-4H2,1H3,(H,17,18)(H2,16,19,20). The van der Waals surface area contributed by atoms with Crippen molar-refractivity contribution in [3.8, 4) is 0 Å². The van der Waals surface area contributed by atoms with Gasteiger partial charge in [0.05, 0.1) is 10.9 Å². The number of hydrogen-bond donors (Lipinski definition) is 2. The first-order valence-corrected chi connectivity index (χ1v) is 8.85. The first-order chi connectivity index (χ1) is 9.88. The van der Waals surface area contributed by atoms with Crippen LogP contribution < -0.4 is 10.5 Å². The number of carbonyl (C=O) groups excluding carboxylic acids is 1. The average Bonchev–Trinajstić information content (AvgIpc) is 2.92. The molecule has 0 bridgehead atoms. The quantitative estimate of drug-likeness (QED) is 0.884. The zero-order valence-corrected chi connectivity index (χ0v) is 12.8. The van der Waals surface area contributed by atoms with E-state index in [1.54, 1.807) is 12.1 Å². The molecule has 0 radical (unpaired) electrons. The molecular weight excluding hydrogens is 288 g/mol. The van der Waals surface area contributed by atoms with Crippen LogP contribution >= 0.6 is 0 Å². The van der Waals surface area contributed by atoms with Crippen molar-refractivity contribution in [2.75, 3.05) is 0 Å². The molecule has 114 valence electrons. The molecule has 21 heavy (non-hydrogen) atoms. The minimum absolute atomic E-state index is 0.0847. The van der Waals surface area contributed by atoms with Gasteiger partial charge in [-0.15, -0.1) is 0 Å². The van der Waals surface area contributed by atoms with Gasteiger partial charge in [0, 0.05) is 5.92 Å². The number of nitrogens with two attached hydrogens (primary N) is 1. The van der Waals surface area contributed by atoms with Gasteiger partial charge in [0.2, 0.25) is 15.9 Å². The predicted molar refractivity (Wildman–Crippen MR) is 78.7 cm³/mol. The van der Waals surface area contributed by atoms with Crippen LogP contribution in [-0.4, -0.2) is 14.3 Å². The Kier molecular flexibility index (Phi) is 3.53. The van der Waals surface area contributed by atoms with E-state index in [0.717, 1.165) is 5.56 Å². The average molecular weight is 308 g/mol. The summed E-state index contributed by atoms with van der Waals surface area (Å²) in [4.78, 5) is 12.3. The predicted octanol–water partition coefficient (Wildman–Crippen LogP) is 1.56. The van der Waals surface area contributed by atoms with Crippen LogP contribution in [0.5, 0.6) is 0 Å². The number of fused-ring (bicyclic) bond motifs is 1. The molecule has 0 heterocycles. The highest BCUT2D eigenvalue weighted by Crippen LogP contribution is 2.57. The Morgan fingerprint density at radius 2 is 1.81 bits per heavy atom.